The zero-order valence-electron chi connectivity index (χ0n) is 23.6. The van der Waals surface area contributed by atoms with Crippen LogP contribution in [0.3, 0.4) is 0 Å². The Hall–Kier alpha value is -3.46. The van der Waals surface area contributed by atoms with Gasteiger partial charge in [-0.05, 0) is 48.9 Å². The number of benzene rings is 2. The van der Waals surface area contributed by atoms with Gasteiger partial charge in [-0.3, -0.25) is 19.2 Å². The van der Waals surface area contributed by atoms with Gasteiger partial charge in [0.2, 0.25) is 23.6 Å². The van der Waals surface area contributed by atoms with Crippen LogP contribution in [0.15, 0.2) is 42.5 Å². The average molecular weight is 538 g/mol. The molecule has 4 amide bonds. The fourth-order valence-electron chi connectivity index (χ4n) is 5.13. The summed E-state index contributed by atoms with van der Waals surface area (Å²) in [6.07, 6.45) is 3.10. The molecular formula is C30H43N5O4. The second kappa shape index (κ2) is 14.1. The van der Waals surface area contributed by atoms with E-state index in [1.165, 1.54) is 4.90 Å². The van der Waals surface area contributed by atoms with Crippen LogP contribution in [0.1, 0.15) is 52.0 Å². The second-order valence-corrected chi connectivity index (χ2v) is 10.5. The number of hydrogen-bond donors (Lipinski definition) is 3. The van der Waals surface area contributed by atoms with Crippen molar-refractivity contribution in [1.82, 2.24) is 20.4 Å². The Morgan fingerprint density at radius 3 is 2.44 bits per heavy atom. The third-order valence-electron chi connectivity index (χ3n) is 7.58. The molecule has 1 aliphatic rings. The van der Waals surface area contributed by atoms with E-state index in [-0.39, 0.29) is 42.6 Å². The van der Waals surface area contributed by atoms with Crippen molar-refractivity contribution in [1.29, 1.82) is 0 Å². The number of fused-ring (bicyclic) bond motifs is 1. The molecule has 1 unspecified atom stereocenters. The lowest BCUT2D eigenvalue weighted by Gasteiger charge is -2.30. The molecule has 1 heterocycles. The largest absolute Gasteiger partial charge is 0.353 e. The molecule has 212 valence electrons. The van der Waals surface area contributed by atoms with Crippen LogP contribution in [0, 0.1) is 5.92 Å². The molecule has 0 saturated carbocycles. The summed E-state index contributed by atoms with van der Waals surface area (Å²) in [5.41, 5.74) is 6.52. The fraction of sp³-hybridized carbons (Fsp3) is 0.533. The van der Waals surface area contributed by atoms with Crippen molar-refractivity contribution in [3.8, 4) is 0 Å². The SMILES string of the molecule is CCC(CC)C(=O)N1CCCC1C(=O)N[C@H](Cc1ccc2ccccc2c1)C(=O)N(C)CCNC(=O)[C@H](C)N. The molecule has 0 bridgehead atoms. The molecule has 1 fully saturated rings. The molecular weight excluding hydrogens is 494 g/mol. The maximum Gasteiger partial charge on any atom is 0.245 e. The number of nitrogens with two attached hydrogens (primary N) is 1. The van der Waals surface area contributed by atoms with Gasteiger partial charge in [0.05, 0.1) is 6.04 Å². The summed E-state index contributed by atoms with van der Waals surface area (Å²) in [6, 6.07) is 12.0. The van der Waals surface area contributed by atoms with Gasteiger partial charge in [-0.15, -0.1) is 0 Å². The van der Waals surface area contributed by atoms with Crippen LogP contribution in [-0.2, 0) is 25.6 Å². The molecule has 0 spiro atoms. The highest BCUT2D eigenvalue weighted by molar-refractivity contribution is 5.93. The Bertz CT molecular complexity index is 1160. The van der Waals surface area contributed by atoms with Crippen LogP contribution in [0.2, 0.25) is 0 Å². The van der Waals surface area contributed by atoms with Gasteiger partial charge in [0.1, 0.15) is 12.1 Å². The smallest absolute Gasteiger partial charge is 0.245 e. The molecule has 9 nitrogen and oxygen atoms in total. The van der Waals surface area contributed by atoms with Crippen molar-refractivity contribution in [2.45, 2.75) is 71.0 Å². The Morgan fingerprint density at radius 1 is 1.08 bits per heavy atom. The normalized spacial score (nSPS) is 16.7. The van der Waals surface area contributed by atoms with E-state index in [1.54, 1.807) is 18.9 Å². The quantitative estimate of drug-likeness (QED) is 0.383. The van der Waals surface area contributed by atoms with Gasteiger partial charge in [0, 0.05) is 39.0 Å². The van der Waals surface area contributed by atoms with Gasteiger partial charge in [-0.1, -0.05) is 56.3 Å². The molecule has 1 saturated heterocycles. The Labute approximate surface area is 231 Å². The number of carbonyl (C=O) groups excluding carboxylic acids is 4. The van der Waals surface area contributed by atoms with Gasteiger partial charge < -0.3 is 26.2 Å². The zero-order valence-corrected chi connectivity index (χ0v) is 23.6. The summed E-state index contributed by atoms with van der Waals surface area (Å²) >= 11 is 0. The molecule has 9 heteroatoms. The number of nitrogens with one attached hydrogen (secondary N) is 2. The predicted molar refractivity (Wildman–Crippen MR) is 153 cm³/mol. The van der Waals surface area contributed by atoms with E-state index in [0.717, 1.165) is 35.6 Å². The lowest BCUT2D eigenvalue weighted by atomic mass is 9.99. The zero-order chi connectivity index (χ0) is 28.5. The first-order valence-corrected chi connectivity index (χ1v) is 14.0. The summed E-state index contributed by atoms with van der Waals surface area (Å²) in [6.45, 7) is 6.64. The van der Waals surface area contributed by atoms with E-state index < -0.39 is 18.1 Å². The third kappa shape index (κ3) is 7.79. The number of rotatable bonds is 12. The predicted octanol–water partition coefficient (Wildman–Crippen LogP) is 2.22. The van der Waals surface area contributed by atoms with Gasteiger partial charge in [0.25, 0.3) is 0 Å². The minimum atomic E-state index is -0.821. The minimum absolute atomic E-state index is 0.0112. The van der Waals surface area contributed by atoms with Gasteiger partial charge in [0.15, 0.2) is 0 Å². The molecule has 1 aliphatic heterocycles. The first-order valence-electron chi connectivity index (χ1n) is 14.0. The number of likely N-dealkylation sites (N-methyl/N-ethyl adjacent to an activating group) is 1. The number of hydrogen-bond acceptors (Lipinski definition) is 5. The summed E-state index contributed by atoms with van der Waals surface area (Å²) in [5.74, 6) is -0.949. The van der Waals surface area contributed by atoms with Crippen molar-refractivity contribution in [3.05, 3.63) is 48.0 Å². The fourth-order valence-corrected chi connectivity index (χ4v) is 5.13. The van der Waals surface area contributed by atoms with E-state index in [4.69, 9.17) is 5.73 Å². The molecule has 0 radical (unpaired) electrons. The van der Waals surface area contributed by atoms with Crippen molar-refractivity contribution in [3.63, 3.8) is 0 Å². The molecule has 39 heavy (non-hydrogen) atoms. The molecule has 4 N–H and O–H groups in total. The minimum Gasteiger partial charge on any atom is -0.353 e. The summed E-state index contributed by atoms with van der Waals surface area (Å²) in [7, 11) is 1.65. The van der Waals surface area contributed by atoms with E-state index >= 15 is 0 Å². The molecule has 3 atom stereocenters. The van der Waals surface area contributed by atoms with E-state index in [9.17, 15) is 19.2 Å². The first-order chi connectivity index (χ1) is 18.7. The van der Waals surface area contributed by atoms with Crippen molar-refractivity contribution >= 4 is 34.4 Å². The van der Waals surface area contributed by atoms with Crippen LogP contribution in [0.25, 0.3) is 10.8 Å². The molecule has 0 aliphatic carbocycles. The molecule has 0 aromatic heterocycles. The average Bonchev–Trinajstić information content (AvgIpc) is 3.43. The maximum atomic E-state index is 13.6. The van der Waals surface area contributed by atoms with E-state index in [1.807, 2.05) is 56.3 Å². The molecule has 2 aromatic carbocycles. The topological polar surface area (TPSA) is 125 Å². The molecule has 2 aromatic rings. The van der Waals surface area contributed by atoms with Crippen LogP contribution in [0.4, 0.5) is 0 Å². The standard InChI is InChI=1S/C30H43N5O4/c1-5-22(6-2)29(38)35-16-9-12-26(35)28(37)33-25(30(39)34(4)17-15-32-27(36)20(3)31)19-21-13-14-23-10-7-8-11-24(23)18-21/h7-8,10-11,13-14,18,20,22,25-26H,5-6,9,12,15-17,19,31H2,1-4H3,(H,32,36)(H,33,37)/t20-,25+,26?/m0/s1. The van der Waals surface area contributed by atoms with Gasteiger partial charge >= 0.3 is 0 Å². The Morgan fingerprint density at radius 2 is 1.77 bits per heavy atom. The number of likely N-dealkylation sites (tertiary alicyclic amines) is 1. The van der Waals surface area contributed by atoms with E-state index in [0.29, 0.717) is 19.4 Å². The summed E-state index contributed by atoms with van der Waals surface area (Å²) < 4.78 is 0. The van der Waals surface area contributed by atoms with Gasteiger partial charge in [-0.2, -0.15) is 0 Å². The Kier molecular flexibility index (Phi) is 10.9. The van der Waals surface area contributed by atoms with Crippen molar-refractivity contribution in [2.75, 3.05) is 26.7 Å². The summed E-state index contributed by atoms with van der Waals surface area (Å²) in [4.78, 5) is 55.2. The second-order valence-electron chi connectivity index (χ2n) is 10.5. The highest BCUT2D eigenvalue weighted by Gasteiger charge is 2.38. The lowest BCUT2D eigenvalue weighted by molar-refractivity contribution is -0.143. The van der Waals surface area contributed by atoms with Crippen LogP contribution in [-0.4, -0.2) is 78.2 Å². The highest BCUT2D eigenvalue weighted by atomic mass is 16.2. The van der Waals surface area contributed by atoms with E-state index in [2.05, 4.69) is 10.6 Å². The lowest BCUT2D eigenvalue weighted by Crippen LogP contribution is -2.55. The first kappa shape index (κ1) is 30.1. The van der Waals surface area contributed by atoms with Crippen LogP contribution >= 0.6 is 0 Å². The van der Waals surface area contributed by atoms with Crippen molar-refractivity contribution < 1.29 is 19.2 Å². The maximum absolute atomic E-state index is 13.6. The highest BCUT2D eigenvalue weighted by Crippen LogP contribution is 2.23. The summed E-state index contributed by atoms with van der Waals surface area (Å²) in [5, 5.41) is 7.84. The third-order valence-corrected chi connectivity index (χ3v) is 7.58. The molecule has 3 rings (SSSR count). The monoisotopic (exact) mass is 537 g/mol. The number of amides is 4. The number of nitrogens with zero attached hydrogens (tertiary/aromatic N) is 2. The number of carbonyl (C=O) groups is 4. The van der Waals surface area contributed by atoms with Crippen LogP contribution < -0.4 is 16.4 Å². The van der Waals surface area contributed by atoms with Crippen LogP contribution in [0.5, 0.6) is 0 Å². The van der Waals surface area contributed by atoms with Crippen molar-refractivity contribution in [2.24, 2.45) is 11.7 Å². The van der Waals surface area contributed by atoms with Gasteiger partial charge in [-0.25, -0.2) is 0 Å². The Balaban J connectivity index is 1.78.